The molecular weight excluding hydrogens is 362 g/mol. The van der Waals surface area contributed by atoms with E-state index in [9.17, 15) is 4.79 Å². The van der Waals surface area contributed by atoms with Gasteiger partial charge in [0.1, 0.15) is 5.75 Å². The van der Waals surface area contributed by atoms with Crippen molar-refractivity contribution in [2.75, 3.05) is 51.3 Å². The molecule has 0 N–H and O–H groups in total. The molecule has 4 rings (SSSR count). The van der Waals surface area contributed by atoms with Crippen LogP contribution in [-0.2, 0) is 0 Å². The van der Waals surface area contributed by atoms with Crippen molar-refractivity contribution in [2.24, 2.45) is 0 Å². The van der Waals surface area contributed by atoms with Gasteiger partial charge in [-0.15, -0.1) is 0 Å². The summed E-state index contributed by atoms with van der Waals surface area (Å²) in [4.78, 5) is 20.1. The number of para-hydroxylation sites is 1. The molecule has 154 valence electrons. The Morgan fingerprint density at radius 2 is 1.69 bits per heavy atom. The smallest absolute Gasteiger partial charge is 0.253 e. The largest absolute Gasteiger partial charge is 0.497 e. The van der Waals surface area contributed by atoms with Gasteiger partial charge >= 0.3 is 0 Å². The molecule has 2 fully saturated rings. The summed E-state index contributed by atoms with van der Waals surface area (Å²) < 4.78 is 5.20. The number of carbonyl (C=O) groups excluding carboxylic acids is 1. The van der Waals surface area contributed by atoms with Crippen molar-refractivity contribution in [1.82, 2.24) is 9.80 Å². The van der Waals surface area contributed by atoms with Gasteiger partial charge in [-0.2, -0.15) is 0 Å². The van der Waals surface area contributed by atoms with E-state index in [2.05, 4.69) is 41.0 Å². The second kappa shape index (κ2) is 8.87. The highest BCUT2D eigenvalue weighted by Gasteiger charge is 2.30. The Hall–Kier alpha value is -2.53. The number of anilines is 1. The van der Waals surface area contributed by atoms with E-state index in [0.29, 0.717) is 6.04 Å². The fourth-order valence-corrected chi connectivity index (χ4v) is 4.60. The third kappa shape index (κ3) is 4.40. The van der Waals surface area contributed by atoms with Crippen LogP contribution in [0.3, 0.4) is 0 Å². The number of amides is 1. The van der Waals surface area contributed by atoms with Crippen molar-refractivity contribution in [3.05, 3.63) is 59.7 Å². The molecule has 1 unspecified atom stereocenters. The van der Waals surface area contributed by atoms with Gasteiger partial charge < -0.3 is 14.5 Å². The molecule has 2 aliphatic rings. The number of aryl methyl sites for hydroxylation is 1. The first-order chi connectivity index (χ1) is 14.2. The van der Waals surface area contributed by atoms with Crippen molar-refractivity contribution in [3.8, 4) is 5.75 Å². The maximum atomic E-state index is 13.0. The van der Waals surface area contributed by atoms with Crippen LogP contribution in [0, 0.1) is 6.92 Å². The molecule has 2 aliphatic heterocycles. The van der Waals surface area contributed by atoms with Crippen molar-refractivity contribution in [3.63, 3.8) is 0 Å². The Kier molecular flexibility index (Phi) is 6.05. The molecular formula is C24H31N3O2. The number of benzene rings is 2. The number of likely N-dealkylation sites (tertiary alicyclic amines) is 1. The first-order valence-corrected chi connectivity index (χ1v) is 10.6. The fraction of sp³-hybridized carbons (Fsp3) is 0.458. The van der Waals surface area contributed by atoms with Gasteiger partial charge in [-0.25, -0.2) is 0 Å². The molecule has 0 spiro atoms. The van der Waals surface area contributed by atoms with Crippen LogP contribution in [-0.4, -0.2) is 68.1 Å². The number of rotatable bonds is 4. The third-order valence-corrected chi connectivity index (χ3v) is 6.31. The van der Waals surface area contributed by atoms with Gasteiger partial charge in [0.05, 0.1) is 7.11 Å². The van der Waals surface area contributed by atoms with Crippen molar-refractivity contribution in [2.45, 2.75) is 25.8 Å². The standard InChI is InChI=1S/C24H31N3O2/c1-19-6-3-4-8-23(19)26-16-14-25(15-17-26)21-7-5-13-27(18-21)24(28)20-9-11-22(29-2)12-10-20/h3-4,6,8-12,21H,5,7,13-18H2,1-2H3. The van der Waals surface area contributed by atoms with Gasteiger partial charge in [-0.1, -0.05) is 18.2 Å². The minimum absolute atomic E-state index is 0.135. The van der Waals surface area contributed by atoms with Crippen LogP contribution < -0.4 is 9.64 Å². The summed E-state index contributed by atoms with van der Waals surface area (Å²) in [7, 11) is 1.64. The Bertz CT molecular complexity index is 828. The quantitative estimate of drug-likeness (QED) is 0.797. The minimum Gasteiger partial charge on any atom is -0.497 e. The van der Waals surface area contributed by atoms with Crippen molar-refractivity contribution < 1.29 is 9.53 Å². The van der Waals surface area contributed by atoms with E-state index >= 15 is 0 Å². The van der Waals surface area contributed by atoms with E-state index in [1.807, 2.05) is 29.2 Å². The van der Waals surface area contributed by atoms with Crippen LogP contribution in [0.2, 0.25) is 0 Å². The molecule has 5 nitrogen and oxygen atoms in total. The van der Waals surface area contributed by atoms with E-state index in [4.69, 9.17) is 4.74 Å². The molecule has 0 saturated carbocycles. The van der Waals surface area contributed by atoms with E-state index in [1.54, 1.807) is 7.11 Å². The van der Waals surface area contributed by atoms with Crippen LogP contribution in [0.15, 0.2) is 48.5 Å². The summed E-state index contributed by atoms with van der Waals surface area (Å²) in [5.41, 5.74) is 3.44. The zero-order valence-corrected chi connectivity index (χ0v) is 17.5. The van der Waals surface area contributed by atoms with Gasteiger partial charge in [0.15, 0.2) is 0 Å². The number of piperidine rings is 1. The molecule has 2 aromatic rings. The molecule has 0 aromatic heterocycles. The highest BCUT2D eigenvalue weighted by atomic mass is 16.5. The predicted molar refractivity (Wildman–Crippen MR) is 117 cm³/mol. The maximum absolute atomic E-state index is 13.0. The Balaban J connectivity index is 1.35. The lowest BCUT2D eigenvalue weighted by molar-refractivity contribution is 0.0563. The van der Waals surface area contributed by atoms with Gasteiger partial charge in [0.25, 0.3) is 5.91 Å². The number of ether oxygens (including phenoxy) is 1. The SMILES string of the molecule is COc1ccc(C(=O)N2CCCC(N3CCN(c4ccccc4C)CC3)C2)cc1. The van der Waals surface area contributed by atoms with Gasteiger partial charge in [-0.05, 0) is 55.7 Å². The Morgan fingerprint density at radius 1 is 0.966 bits per heavy atom. The Labute approximate surface area is 173 Å². The molecule has 2 saturated heterocycles. The number of carbonyl (C=O) groups is 1. The van der Waals surface area contributed by atoms with E-state index < -0.39 is 0 Å². The summed E-state index contributed by atoms with van der Waals surface area (Å²) in [5, 5.41) is 0. The molecule has 0 radical (unpaired) electrons. The lowest BCUT2D eigenvalue weighted by Gasteiger charge is -2.44. The van der Waals surface area contributed by atoms with Crippen LogP contribution >= 0.6 is 0 Å². The average Bonchev–Trinajstić information content (AvgIpc) is 2.79. The summed E-state index contributed by atoms with van der Waals surface area (Å²) in [6.45, 7) is 8.08. The maximum Gasteiger partial charge on any atom is 0.253 e. The summed E-state index contributed by atoms with van der Waals surface area (Å²) in [5.74, 6) is 0.917. The summed E-state index contributed by atoms with van der Waals surface area (Å²) in [6, 6.07) is 16.6. The Morgan fingerprint density at radius 3 is 2.38 bits per heavy atom. The van der Waals surface area contributed by atoms with Gasteiger partial charge in [-0.3, -0.25) is 9.69 Å². The van der Waals surface area contributed by atoms with E-state index in [1.165, 1.54) is 17.7 Å². The van der Waals surface area contributed by atoms with Crippen LogP contribution in [0.1, 0.15) is 28.8 Å². The van der Waals surface area contributed by atoms with Crippen LogP contribution in [0.4, 0.5) is 5.69 Å². The lowest BCUT2D eigenvalue weighted by atomic mass is 10.0. The van der Waals surface area contributed by atoms with Crippen molar-refractivity contribution >= 4 is 11.6 Å². The molecule has 0 aliphatic carbocycles. The average molecular weight is 394 g/mol. The number of hydrogen-bond acceptors (Lipinski definition) is 4. The second-order valence-electron chi connectivity index (χ2n) is 8.09. The number of hydrogen-bond donors (Lipinski definition) is 0. The summed E-state index contributed by atoms with van der Waals surface area (Å²) in [6.07, 6.45) is 2.25. The fourth-order valence-electron chi connectivity index (χ4n) is 4.60. The summed E-state index contributed by atoms with van der Waals surface area (Å²) >= 11 is 0. The molecule has 0 bridgehead atoms. The highest BCUT2D eigenvalue weighted by molar-refractivity contribution is 5.94. The number of nitrogens with zero attached hydrogens (tertiary/aromatic N) is 3. The molecule has 1 amide bonds. The normalized spacial score (nSPS) is 20.6. The second-order valence-corrected chi connectivity index (χ2v) is 8.09. The third-order valence-electron chi connectivity index (χ3n) is 6.31. The number of methoxy groups -OCH3 is 1. The first-order valence-electron chi connectivity index (χ1n) is 10.6. The van der Waals surface area contributed by atoms with Crippen LogP contribution in [0.5, 0.6) is 5.75 Å². The first kappa shape index (κ1) is 19.8. The van der Waals surface area contributed by atoms with E-state index in [-0.39, 0.29) is 5.91 Å². The van der Waals surface area contributed by atoms with Crippen molar-refractivity contribution in [1.29, 1.82) is 0 Å². The predicted octanol–water partition coefficient (Wildman–Crippen LogP) is 3.43. The topological polar surface area (TPSA) is 36.0 Å². The molecule has 2 aromatic carbocycles. The van der Waals surface area contributed by atoms with Gasteiger partial charge in [0.2, 0.25) is 0 Å². The monoisotopic (exact) mass is 393 g/mol. The molecule has 29 heavy (non-hydrogen) atoms. The zero-order chi connectivity index (χ0) is 20.2. The lowest BCUT2D eigenvalue weighted by Crippen LogP contribution is -2.56. The van der Waals surface area contributed by atoms with Crippen LogP contribution in [0.25, 0.3) is 0 Å². The molecule has 5 heteroatoms. The number of piperazine rings is 1. The van der Waals surface area contributed by atoms with Gasteiger partial charge in [0, 0.05) is 56.6 Å². The molecule has 2 heterocycles. The highest BCUT2D eigenvalue weighted by Crippen LogP contribution is 2.24. The molecule has 1 atom stereocenters. The van der Waals surface area contributed by atoms with E-state index in [0.717, 1.165) is 57.0 Å². The zero-order valence-electron chi connectivity index (χ0n) is 17.5. The minimum atomic E-state index is 0.135.